The molecule has 2 heterocycles. The number of methoxy groups -OCH3 is 1. The molecule has 20 heavy (non-hydrogen) atoms. The molecule has 0 saturated heterocycles. The largest absolute Gasteiger partial charge is 0.496 e. The average Bonchev–Trinajstić information content (AvgIpc) is 3.08. The molecule has 5 heteroatoms. The van der Waals surface area contributed by atoms with Crippen LogP contribution in [0.3, 0.4) is 0 Å². The minimum atomic E-state index is 0.257. The smallest absolute Gasteiger partial charge is 0.134 e. The first-order valence-electron chi connectivity index (χ1n) is 7.14. The predicted molar refractivity (Wildman–Crippen MR) is 83.5 cm³/mol. The van der Waals surface area contributed by atoms with Gasteiger partial charge in [-0.15, -0.1) is 11.3 Å². The number of likely N-dealkylation sites (N-methyl/N-ethyl adjacent to an activating group) is 1. The van der Waals surface area contributed by atoms with E-state index in [9.17, 15) is 0 Å². The highest BCUT2D eigenvalue weighted by Gasteiger charge is 2.19. The number of ether oxygens (including phenoxy) is 1. The van der Waals surface area contributed by atoms with Gasteiger partial charge in [-0.05, 0) is 24.4 Å². The number of hydrogen-bond acceptors (Lipinski definition) is 4. The van der Waals surface area contributed by atoms with Crippen molar-refractivity contribution in [2.75, 3.05) is 13.7 Å². The fourth-order valence-electron chi connectivity index (χ4n) is 2.39. The second-order valence-electron chi connectivity index (χ2n) is 4.70. The van der Waals surface area contributed by atoms with Crippen molar-refractivity contribution in [1.29, 1.82) is 0 Å². The third-order valence-electron chi connectivity index (χ3n) is 3.30. The van der Waals surface area contributed by atoms with E-state index in [4.69, 9.17) is 4.74 Å². The minimum absolute atomic E-state index is 0.257. The van der Waals surface area contributed by atoms with Crippen molar-refractivity contribution >= 4 is 11.3 Å². The van der Waals surface area contributed by atoms with E-state index >= 15 is 0 Å². The number of aryl methyl sites for hydroxylation is 1. The van der Waals surface area contributed by atoms with Crippen LogP contribution in [0.15, 0.2) is 23.8 Å². The summed E-state index contributed by atoms with van der Waals surface area (Å²) in [6.45, 7) is 6.27. The normalized spacial score (nSPS) is 12.6. The summed E-state index contributed by atoms with van der Waals surface area (Å²) in [4.78, 5) is 5.76. The van der Waals surface area contributed by atoms with Crippen molar-refractivity contribution in [2.24, 2.45) is 0 Å². The summed E-state index contributed by atoms with van der Waals surface area (Å²) >= 11 is 1.74. The lowest BCUT2D eigenvalue weighted by molar-refractivity contribution is 0.402. The van der Waals surface area contributed by atoms with E-state index in [2.05, 4.69) is 40.3 Å². The lowest BCUT2D eigenvalue weighted by Gasteiger charge is -2.18. The fraction of sp³-hybridized carbons (Fsp3) is 0.533. The Kier molecular flexibility index (Phi) is 5.61. The summed E-state index contributed by atoms with van der Waals surface area (Å²) in [6, 6.07) is 2.29. The molecule has 0 aromatic carbocycles. The third-order valence-corrected chi connectivity index (χ3v) is 4.31. The molecule has 2 aromatic rings. The summed E-state index contributed by atoms with van der Waals surface area (Å²) in [5.41, 5.74) is 0. The number of nitrogens with zero attached hydrogens (tertiary/aromatic N) is 2. The summed E-state index contributed by atoms with van der Waals surface area (Å²) in [5, 5.41) is 5.62. The minimum Gasteiger partial charge on any atom is -0.496 e. The van der Waals surface area contributed by atoms with Crippen LogP contribution in [0.1, 0.15) is 37.0 Å². The Hall–Kier alpha value is -1.33. The first-order valence-corrected chi connectivity index (χ1v) is 8.02. The molecule has 1 unspecified atom stereocenters. The molecule has 1 N–H and O–H groups in total. The fourth-order valence-corrected chi connectivity index (χ4v) is 3.33. The van der Waals surface area contributed by atoms with E-state index in [0.29, 0.717) is 0 Å². The van der Waals surface area contributed by atoms with Gasteiger partial charge in [0, 0.05) is 25.4 Å². The van der Waals surface area contributed by atoms with Crippen LogP contribution in [-0.4, -0.2) is 23.2 Å². The van der Waals surface area contributed by atoms with E-state index in [1.54, 1.807) is 18.4 Å². The van der Waals surface area contributed by atoms with Crippen LogP contribution < -0.4 is 10.1 Å². The van der Waals surface area contributed by atoms with Gasteiger partial charge in [-0.3, -0.25) is 0 Å². The van der Waals surface area contributed by atoms with Crippen molar-refractivity contribution in [3.05, 3.63) is 34.5 Å². The number of rotatable bonds is 8. The molecule has 2 aromatic heterocycles. The van der Waals surface area contributed by atoms with Crippen molar-refractivity contribution in [3.63, 3.8) is 0 Å². The Morgan fingerprint density at radius 3 is 3.00 bits per heavy atom. The maximum absolute atomic E-state index is 5.45. The average molecular weight is 293 g/mol. The third kappa shape index (κ3) is 3.41. The molecule has 0 aliphatic heterocycles. The molecular weight excluding hydrogens is 270 g/mol. The number of nitrogens with one attached hydrogen (secondary N) is 1. The van der Waals surface area contributed by atoms with Gasteiger partial charge >= 0.3 is 0 Å². The second-order valence-corrected chi connectivity index (χ2v) is 5.65. The zero-order valence-corrected chi connectivity index (χ0v) is 13.2. The van der Waals surface area contributed by atoms with Gasteiger partial charge in [-0.25, -0.2) is 4.98 Å². The van der Waals surface area contributed by atoms with Crippen molar-refractivity contribution < 1.29 is 4.74 Å². The topological polar surface area (TPSA) is 39.1 Å². The highest BCUT2D eigenvalue weighted by molar-refractivity contribution is 7.10. The molecule has 0 saturated carbocycles. The van der Waals surface area contributed by atoms with Crippen LogP contribution in [0.4, 0.5) is 0 Å². The van der Waals surface area contributed by atoms with E-state index < -0.39 is 0 Å². The highest BCUT2D eigenvalue weighted by Crippen LogP contribution is 2.32. The van der Waals surface area contributed by atoms with Gasteiger partial charge in [-0.1, -0.05) is 13.8 Å². The summed E-state index contributed by atoms with van der Waals surface area (Å²) in [7, 11) is 1.73. The summed E-state index contributed by atoms with van der Waals surface area (Å²) < 4.78 is 7.69. The molecule has 0 fully saturated rings. The Bertz CT molecular complexity index is 521. The van der Waals surface area contributed by atoms with Crippen molar-refractivity contribution in [2.45, 2.75) is 39.3 Å². The quantitative estimate of drug-likeness (QED) is 0.812. The maximum atomic E-state index is 5.45. The molecule has 0 radical (unpaired) electrons. The van der Waals surface area contributed by atoms with E-state index in [0.717, 1.165) is 37.5 Å². The Morgan fingerprint density at radius 2 is 2.30 bits per heavy atom. The van der Waals surface area contributed by atoms with E-state index in [-0.39, 0.29) is 6.04 Å². The zero-order chi connectivity index (χ0) is 14.4. The molecule has 0 bridgehead atoms. The second kappa shape index (κ2) is 7.45. The monoisotopic (exact) mass is 293 g/mol. The molecule has 1 atom stereocenters. The van der Waals surface area contributed by atoms with Crippen LogP contribution in [0.2, 0.25) is 0 Å². The molecule has 2 rings (SSSR count). The number of hydrogen-bond donors (Lipinski definition) is 1. The SMILES string of the molecule is CCCn1ccnc1CC(NCC)c1sccc1OC. The van der Waals surface area contributed by atoms with E-state index in [1.165, 1.54) is 4.88 Å². The van der Waals surface area contributed by atoms with Crippen molar-refractivity contribution in [3.8, 4) is 5.75 Å². The summed E-state index contributed by atoms with van der Waals surface area (Å²) in [5.74, 6) is 2.10. The van der Waals surface area contributed by atoms with Gasteiger partial charge in [0.1, 0.15) is 11.6 Å². The summed E-state index contributed by atoms with van der Waals surface area (Å²) in [6.07, 6.45) is 5.96. The van der Waals surface area contributed by atoms with Gasteiger partial charge in [0.15, 0.2) is 0 Å². The Morgan fingerprint density at radius 1 is 1.45 bits per heavy atom. The molecule has 4 nitrogen and oxygen atoms in total. The van der Waals surface area contributed by atoms with Crippen LogP contribution in [0, 0.1) is 0 Å². The van der Waals surface area contributed by atoms with Gasteiger partial charge in [0.2, 0.25) is 0 Å². The van der Waals surface area contributed by atoms with Crippen LogP contribution >= 0.6 is 11.3 Å². The molecule has 0 amide bonds. The van der Waals surface area contributed by atoms with Crippen LogP contribution in [0.5, 0.6) is 5.75 Å². The predicted octanol–water partition coefficient (Wildman–Crippen LogP) is 3.26. The first-order chi connectivity index (χ1) is 9.80. The standard InChI is InChI=1S/C15H23N3OS/c1-4-8-18-9-7-17-14(18)11-12(16-5-2)15-13(19-3)6-10-20-15/h6-7,9-10,12,16H,4-5,8,11H2,1-3H3. The first kappa shape index (κ1) is 15.1. The maximum Gasteiger partial charge on any atom is 0.134 e. The van der Waals surface area contributed by atoms with E-state index in [1.807, 2.05) is 12.3 Å². The van der Waals surface area contributed by atoms with Crippen LogP contribution in [0.25, 0.3) is 0 Å². The van der Waals surface area contributed by atoms with Gasteiger partial charge in [-0.2, -0.15) is 0 Å². The molecular formula is C15H23N3OS. The van der Waals surface area contributed by atoms with Gasteiger partial charge in [0.05, 0.1) is 18.0 Å². The zero-order valence-electron chi connectivity index (χ0n) is 12.4. The molecule has 0 aliphatic carbocycles. The van der Waals surface area contributed by atoms with Gasteiger partial charge in [0.25, 0.3) is 0 Å². The number of thiophene rings is 1. The number of imidazole rings is 1. The number of aromatic nitrogens is 2. The Labute approximate surface area is 124 Å². The van der Waals surface area contributed by atoms with Crippen LogP contribution in [-0.2, 0) is 13.0 Å². The lowest BCUT2D eigenvalue weighted by atomic mass is 10.1. The lowest BCUT2D eigenvalue weighted by Crippen LogP contribution is -2.24. The molecule has 0 aliphatic rings. The van der Waals surface area contributed by atoms with Gasteiger partial charge < -0.3 is 14.6 Å². The molecule has 0 spiro atoms. The highest BCUT2D eigenvalue weighted by atomic mass is 32.1. The van der Waals surface area contributed by atoms with Crippen molar-refractivity contribution in [1.82, 2.24) is 14.9 Å². The Balaban J connectivity index is 2.19. The molecule has 110 valence electrons.